The molecule has 4 rings (SSSR count). The molecule has 30 heavy (non-hydrogen) atoms. The molecule has 0 radical (unpaired) electrons. The summed E-state index contributed by atoms with van der Waals surface area (Å²) in [6, 6.07) is 18.8. The normalized spacial score (nSPS) is 16.6. The number of unbranched alkanes of at least 4 members (excludes halogenated alkanes) is 2. The second-order valence-corrected chi connectivity index (χ2v) is 7.87. The predicted molar refractivity (Wildman–Crippen MR) is 120 cm³/mol. The SMILES string of the molecule is c1ccc(CCCCCOc2ccc(COC3CCCCO3)c3ncccc23)cc1. The second kappa shape index (κ2) is 11.1. The molecule has 0 amide bonds. The Morgan fingerprint density at radius 2 is 1.87 bits per heavy atom. The molecule has 1 saturated heterocycles. The van der Waals surface area contributed by atoms with Crippen LogP contribution in [-0.2, 0) is 22.5 Å². The van der Waals surface area contributed by atoms with Crippen LogP contribution in [0, 0.1) is 0 Å². The minimum absolute atomic E-state index is 0.0932. The molecule has 0 bridgehead atoms. The van der Waals surface area contributed by atoms with E-state index in [1.807, 2.05) is 12.3 Å². The van der Waals surface area contributed by atoms with Crippen LogP contribution < -0.4 is 4.74 Å². The van der Waals surface area contributed by atoms with Gasteiger partial charge in [0.1, 0.15) is 5.75 Å². The molecular weight excluding hydrogens is 374 g/mol. The van der Waals surface area contributed by atoms with Gasteiger partial charge in [0.2, 0.25) is 0 Å². The second-order valence-electron chi connectivity index (χ2n) is 7.87. The van der Waals surface area contributed by atoms with Gasteiger partial charge >= 0.3 is 0 Å². The van der Waals surface area contributed by atoms with Gasteiger partial charge in [0.15, 0.2) is 6.29 Å². The van der Waals surface area contributed by atoms with Gasteiger partial charge in [-0.2, -0.15) is 0 Å². The Kier molecular flexibility index (Phi) is 7.70. The van der Waals surface area contributed by atoms with E-state index in [9.17, 15) is 0 Å². The van der Waals surface area contributed by atoms with Crippen molar-refractivity contribution in [2.45, 2.75) is 57.8 Å². The van der Waals surface area contributed by atoms with Crippen molar-refractivity contribution in [1.29, 1.82) is 0 Å². The highest BCUT2D eigenvalue weighted by molar-refractivity contribution is 5.87. The van der Waals surface area contributed by atoms with Crippen molar-refractivity contribution >= 4 is 10.9 Å². The number of pyridine rings is 1. The summed E-state index contributed by atoms with van der Waals surface area (Å²) >= 11 is 0. The number of nitrogens with zero attached hydrogens (tertiary/aromatic N) is 1. The fourth-order valence-corrected chi connectivity index (χ4v) is 3.91. The lowest BCUT2D eigenvalue weighted by Gasteiger charge is -2.23. The lowest BCUT2D eigenvalue weighted by Crippen LogP contribution is -2.22. The van der Waals surface area contributed by atoms with Crippen molar-refractivity contribution in [3.05, 3.63) is 71.9 Å². The number of fused-ring (bicyclic) bond motifs is 1. The molecule has 1 unspecified atom stereocenters. The zero-order chi connectivity index (χ0) is 20.4. The molecule has 3 aromatic rings. The smallest absolute Gasteiger partial charge is 0.158 e. The monoisotopic (exact) mass is 405 g/mol. The van der Waals surface area contributed by atoms with E-state index in [2.05, 4.69) is 53.5 Å². The lowest BCUT2D eigenvalue weighted by molar-refractivity contribution is -0.168. The van der Waals surface area contributed by atoms with Crippen LogP contribution in [-0.4, -0.2) is 24.5 Å². The molecule has 1 aliphatic rings. The van der Waals surface area contributed by atoms with Crippen molar-refractivity contribution in [1.82, 2.24) is 4.98 Å². The summed E-state index contributed by atoms with van der Waals surface area (Å²) in [6.45, 7) is 2.03. The Balaban J connectivity index is 1.28. The molecule has 0 saturated carbocycles. The number of aryl methyl sites for hydroxylation is 1. The first-order valence-corrected chi connectivity index (χ1v) is 11.2. The van der Waals surface area contributed by atoms with E-state index in [0.29, 0.717) is 6.61 Å². The Bertz CT molecular complexity index is 907. The van der Waals surface area contributed by atoms with Gasteiger partial charge in [-0.1, -0.05) is 36.4 Å². The van der Waals surface area contributed by atoms with Crippen molar-refractivity contribution in [2.24, 2.45) is 0 Å². The zero-order valence-corrected chi connectivity index (χ0v) is 17.6. The van der Waals surface area contributed by atoms with Crippen LogP contribution in [0.4, 0.5) is 0 Å². The maximum atomic E-state index is 6.12. The predicted octanol–water partition coefficient (Wildman–Crippen LogP) is 6.07. The molecule has 1 aliphatic heterocycles. The standard InChI is InChI=1S/C26H31NO3/c1-3-10-21(11-4-1)12-5-2-7-18-28-24-16-15-22(26-23(24)13-9-17-27-26)20-30-25-14-6-8-19-29-25/h1,3-4,9-11,13,15-17,25H,2,5-8,12,14,18-20H2. The zero-order valence-electron chi connectivity index (χ0n) is 17.6. The molecule has 1 atom stereocenters. The Morgan fingerprint density at radius 3 is 2.73 bits per heavy atom. The van der Waals surface area contributed by atoms with Crippen LogP contribution >= 0.6 is 0 Å². The molecule has 4 heteroatoms. The average Bonchev–Trinajstić information content (AvgIpc) is 2.82. The number of rotatable bonds is 10. The van der Waals surface area contributed by atoms with E-state index in [0.717, 1.165) is 61.1 Å². The van der Waals surface area contributed by atoms with Crippen LogP contribution in [0.1, 0.15) is 49.7 Å². The molecule has 0 aliphatic carbocycles. The van der Waals surface area contributed by atoms with E-state index in [-0.39, 0.29) is 6.29 Å². The largest absolute Gasteiger partial charge is 0.493 e. The van der Waals surface area contributed by atoms with Gasteiger partial charge in [-0.15, -0.1) is 0 Å². The Hall–Kier alpha value is -2.43. The van der Waals surface area contributed by atoms with Gasteiger partial charge in [-0.05, 0) is 68.7 Å². The summed E-state index contributed by atoms with van der Waals surface area (Å²) < 4.78 is 17.8. The van der Waals surface area contributed by atoms with Gasteiger partial charge in [0, 0.05) is 23.8 Å². The highest BCUT2D eigenvalue weighted by Gasteiger charge is 2.15. The fourth-order valence-electron chi connectivity index (χ4n) is 3.91. The third kappa shape index (κ3) is 5.80. The maximum Gasteiger partial charge on any atom is 0.158 e. The summed E-state index contributed by atoms with van der Waals surface area (Å²) in [4.78, 5) is 4.60. The summed E-state index contributed by atoms with van der Waals surface area (Å²) in [6.07, 6.45) is 9.54. The van der Waals surface area contributed by atoms with Crippen molar-refractivity contribution in [2.75, 3.05) is 13.2 Å². The first-order valence-electron chi connectivity index (χ1n) is 11.2. The topological polar surface area (TPSA) is 40.6 Å². The quantitative estimate of drug-likeness (QED) is 0.384. The summed E-state index contributed by atoms with van der Waals surface area (Å²) in [5.41, 5.74) is 3.44. The van der Waals surface area contributed by atoms with Gasteiger partial charge in [-0.25, -0.2) is 0 Å². The van der Waals surface area contributed by atoms with E-state index >= 15 is 0 Å². The third-order valence-corrected chi connectivity index (χ3v) is 5.59. The minimum Gasteiger partial charge on any atom is -0.493 e. The molecule has 1 fully saturated rings. The molecule has 2 aromatic carbocycles. The van der Waals surface area contributed by atoms with Crippen LogP contribution in [0.15, 0.2) is 60.8 Å². The fraction of sp³-hybridized carbons (Fsp3) is 0.423. The van der Waals surface area contributed by atoms with Crippen LogP contribution in [0.5, 0.6) is 5.75 Å². The van der Waals surface area contributed by atoms with Crippen molar-refractivity contribution in [3.8, 4) is 5.75 Å². The first-order chi connectivity index (χ1) is 14.9. The van der Waals surface area contributed by atoms with E-state index in [1.165, 1.54) is 24.8 Å². The summed E-state index contributed by atoms with van der Waals surface area (Å²) in [5, 5.41) is 1.05. The van der Waals surface area contributed by atoms with Gasteiger partial charge in [0.05, 0.1) is 18.7 Å². The average molecular weight is 406 g/mol. The molecule has 4 nitrogen and oxygen atoms in total. The van der Waals surface area contributed by atoms with Crippen molar-refractivity contribution < 1.29 is 14.2 Å². The Labute approximate surface area is 179 Å². The van der Waals surface area contributed by atoms with Crippen LogP contribution in [0.2, 0.25) is 0 Å². The highest BCUT2D eigenvalue weighted by Crippen LogP contribution is 2.28. The van der Waals surface area contributed by atoms with E-state index in [4.69, 9.17) is 14.2 Å². The number of ether oxygens (including phenoxy) is 3. The lowest BCUT2D eigenvalue weighted by atomic mass is 10.1. The molecule has 1 aromatic heterocycles. The molecule has 2 heterocycles. The number of aromatic nitrogens is 1. The molecule has 0 spiro atoms. The molecule has 0 N–H and O–H groups in total. The molecular formula is C26H31NO3. The maximum absolute atomic E-state index is 6.12. The van der Waals surface area contributed by atoms with Gasteiger partial charge in [0.25, 0.3) is 0 Å². The van der Waals surface area contributed by atoms with Crippen molar-refractivity contribution in [3.63, 3.8) is 0 Å². The van der Waals surface area contributed by atoms with E-state index < -0.39 is 0 Å². The van der Waals surface area contributed by atoms with E-state index in [1.54, 1.807) is 0 Å². The number of hydrogen-bond donors (Lipinski definition) is 0. The van der Waals surface area contributed by atoms with Crippen LogP contribution in [0.25, 0.3) is 10.9 Å². The number of benzene rings is 2. The Morgan fingerprint density at radius 1 is 0.933 bits per heavy atom. The van der Waals surface area contributed by atoms with Gasteiger partial charge in [-0.3, -0.25) is 4.98 Å². The summed E-state index contributed by atoms with van der Waals surface area (Å²) in [7, 11) is 0. The minimum atomic E-state index is -0.0932. The van der Waals surface area contributed by atoms with Crippen LogP contribution in [0.3, 0.4) is 0 Å². The van der Waals surface area contributed by atoms with Gasteiger partial charge < -0.3 is 14.2 Å². The number of hydrogen-bond acceptors (Lipinski definition) is 4. The highest BCUT2D eigenvalue weighted by atomic mass is 16.7. The molecule has 158 valence electrons. The summed E-state index contributed by atoms with van der Waals surface area (Å²) in [5.74, 6) is 0.902. The first kappa shape index (κ1) is 20.8. The third-order valence-electron chi connectivity index (χ3n) is 5.59.